The molecule has 0 saturated heterocycles. The largest absolute Gasteiger partial charge is 0.390 e. The fourth-order valence-corrected chi connectivity index (χ4v) is 2.21. The van der Waals surface area contributed by atoms with E-state index in [4.69, 9.17) is 0 Å². The zero-order valence-electron chi connectivity index (χ0n) is 13.3. The summed E-state index contributed by atoms with van der Waals surface area (Å²) in [6, 6.07) is 1.55. The quantitative estimate of drug-likeness (QED) is 0.669. The van der Waals surface area contributed by atoms with Gasteiger partial charge in [0, 0.05) is 18.3 Å². The van der Waals surface area contributed by atoms with Crippen LogP contribution < -0.4 is 5.32 Å². The molecule has 11 heteroatoms. The van der Waals surface area contributed by atoms with Gasteiger partial charge >= 0.3 is 6.18 Å². The van der Waals surface area contributed by atoms with Crippen molar-refractivity contribution in [2.75, 3.05) is 0 Å². The van der Waals surface area contributed by atoms with E-state index in [0.717, 1.165) is 4.68 Å². The van der Waals surface area contributed by atoms with Crippen molar-refractivity contribution < 1.29 is 22.8 Å². The highest BCUT2D eigenvalue weighted by atomic mass is 19.4. The van der Waals surface area contributed by atoms with Gasteiger partial charge in [0.15, 0.2) is 11.9 Å². The fraction of sp³-hybridized carbons (Fsp3) is 0.267. The molecule has 0 aliphatic rings. The first-order valence-electron chi connectivity index (χ1n) is 7.51. The van der Waals surface area contributed by atoms with Gasteiger partial charge in [0.25, 0.3) is 5.91 Å². The van der Waals surface area contributed by atoms with Gasteiger partial charge in [-0.25, -0.2) is 9.50 Å². The number of carbonyl (C=O) groups excluding carboxylic acids is 2. The molecule has 0 bridgehead atoms. The maximum absolute atomic E-state index is 12.2. The van der Waals surface area contributed by atoms with Crippen LogP contribution in [-0.2, 0) is 13.1 Å². The number of fused-ring (bicyclic) bond motifs is 1. The summed E-state index contributed by atoms with van der Waals surface area (Å²) in [7, 11) is 0. The number of aryl methyl sites for hydroxylation is 1. The van der Waals surface area contributed by atoms with Gasteiger partial charge in [0.2, 0.25) is 0 Å². The average molecular weight is 366 g/mol. The number of hydrogen-bond donors (Lipinski definition) is 1. The van der Waals surface area contributed by atoms with E-state index in [0.29, 0.717) is 23.2 Å². The summed E-state index contributed by atoms with van der Waals surface area (Å²) < 4.78 is 39.1. The van der Waals surface area contributed by atoms with Crippen LogP contribution in [0.5, 0.6) is 0 Å². The normalized spacial score (nSPS) is 11.7. The van der Waals surface area contributed by atoms with Gasteiger partial charge in [-0.05, 0) is 6.07 Å². The molecule has 0 aliphatic heterocycles. The molecule has 1 amide bonds. The Hall–Kier alpha value is -3.24. The van der Waals surface area contributed by atoms with Crippen molar-refractivity contribution in [3.8, 4) is 0 Å². The van der Waals surface area contributed by atoms with Crippen LogP contribution in [0.2, 0.25) is 0 Å². The van der Waals surface area contributed by atoms with Crippen LogP contribution in [0.3, 0.4) is 0 Å². The Morgan fingerprint density at radius 1 is 1.23 bits per heavy atom. The number of imidazole rings is 1. The van der Waals surface area contributed by atoms with Gasteiger partial charge < -0.3 is 5.32 Å². The summed E-state index contributed by atoms with van der Waals surface area (Å²) in [5.41, 5.74) is 1.50. The molecule has 136 valence electrons. The molecule has 0 atom stereocenters. The highest BCUT2D eigenvalue weighted by Crippen LogP contribution is 2.20. The second-order valence-electron chi connectivity index (χ2n) is 5.48. The Labute approximate surface area is 144 Å². The third kappa shape index (κ3) is 4.23. The Bertz CT molecular complexity index is 946. The van der Waals surface area contributed by atoms with Crippen LogP contribution in [0.25, 0.3) is 5.65 Å². The first kappa shape index (κ1) is 17.6. The summed E-state index contributed by atoms with van der Waals surface area (Å²) in [6.45, 7) is -0.264. The minimum Gasteiger partial charge on any atom is -0.346 e. The van der Waals surface area contributed by atoms with E-state index in [-0.39, 0.29) is 18.7 Å². The number of nitrogens with one attached hydrogen (secondary N) is 1. The third-order valence-electron chi connectivity index (χ3n) is 3.48. The summed E-state index contributed by atoms with van der Waals surface area (Å²) >= 11 is 0. The lowest BCUT2D eigenvalue weighted by Crippen LogP contribution is -2.22. The van der Waals surface area contributed by atoms with Crippen molar-refractivity contribution >= 4 is 17.8 Å². The second kappa shape index (κ2) is 6.94. The van der Waals surface area contributed by atoms with Crippen molar-refractivity contribution in [2.24, 2.45) is 0 Å². The van der Waals surface area contributed by atoms with Crippen LogP contribution in [0, 0.1) is 0 Å². The summed E-state index contributed by atoms with van der Waals surface area (Å²) in [4.78, 5) is 27.0. The maximum Gasteiger partial charge on any atom is 0.390 e. The van der Waals surface area contributed by atoms with E-state index >= 15 is 0 Å². The molecule has 0 unspecified atom stereocenters. The molecule has 0 fully saturated rings. The van der Waals surface area contributed by atoms with Crippen LogP contribution in [0.15, 0.2) is 30.9 Å². The Kier molecular flexibility index (Phi) is 4.69. The molecule has 3 aromatic rings. The Morgan fingerprint density at radius 2 is 2.04 bits per heavy atom. The molecular weight excluding hydrogens is 353 g/mol. The molecule has 3 aromatic heterocycles. The van der Waals surface area contributed by atoms with Crippen LogP contribution in [0.1, 0.15) is 32.8 Å². The standard InChI is InChI=1S/C15H13F3N6O2/c16-15(17,18)1-2-23-7-11(5-20-23)14(26)19-6-12-8-24-13(22-12)3-10(9-25)4-21-24/h3-5,7-9H,1-2,6H2,(H,19,26). The highest BCUT2D eigenvalue weighted by molar-refractivity contribution is 5.93. The topological polar surface area (TPSA) is 94.2 Å². The summed E-state index contributed by atoms with van der Waals surface area (Å²) in [6.07, 6.45) is 0.786. The SMILES string of the molecule is O=Cc1cnn2cc(CNC(=O)c3cnn(CCC(F)(F)F)c3)nc2c1. The number of rotatable bonds is 6. The van der Waals surface area contributed by atoms with E-state index in [1.54, 1.807) is 12.3 Å². The summed E-state index contributed by atoms with van der Waals surface area (Å²) in [5.74, 6) is -0.484. The van der Waals surface area contributed by atoms with Gasteiger partial charge in [0.05, 0.1) is 42.8 Å². The van der Waals surface area contributed by atoms with E-state index < -0.39 is 18.5 Å². The van der Waals surface area contributed by atoms with E-state index in [2.05, 4.69) is 20.5 Å². The van der Waals surface area contributed by atoms with Crippen LogP contribution in [0.4, 0.5) is 13.2 Å². The van der Waals surface area contributed by atoms with Crippen molar-refractivity contribution in [3.63, 3.8) is 0 Å². The van der Waals surface area contributed by atoms with Crippen molar-refractivity contribution in [1.82, 2.24) is 29.7 Å². The fourth-order valence-electron chi connectivity index (χ4n) is 2.21. The number of aromatic nitrogens is 5. The molecular formula is C15H13F3N6O2. The van der Waals surface area contributed by atoms with Gasteiger partial charge in [-0.2, -0.15) is 23.4 Å². The van der Waals surface area contributed by atoms with Crippen LogP contribution in [-0.4, -0.2) is 42.7 Å². The predicted molar refractivity (Wildman–Crippen MR) is 82.4 cm³/mol. The number of nitrogens with zero attached hydrogens (tertiary/aromatic N) is 5. The predicted octanol–water partition coefficient (Wildman–Crippen LogP) is 1.62. The second-order valence-corrected chi connectivity index (χ2v) is 5.48. The van der Waals surface area contributed by atoms with Gasteiger partial charge in [-0.1, -0.05) is 0 Å². The minimum atomic E-state index is -4.28. The first-order chi connectivity index (χ1) is 12.3. The smallest absolute Gasteiger partial charge is 0.346 e. The van der Waals surface area contributed by atoms with E-state index in [1.807, 2.05) is 0 Å². The molecule has 8 nitrogen and oxygen atoms in total. The molecule has 0 radical (unpaired) electrons. The van der Waals surface area contributed by atoms with Gasteiger partial charge in [-0.3, -0.25) is 14.3 Å². The zero-order chi connectivity index (χ0) is 18.7. The molecule has 0 spiro atoms. The number of amides is 1. The van der Waals surface area contributed by atoms with Gasteiger partial charge in [-0.15, -0.1) is 0 Å². The van der Waals surface area contributed by atoms with Crippen molar-refractivity contribution in [1.29, 1.82) is 0 Å². The molecule has 1 N–H and O–H groups in total. The lowest BCUT2D eigenvalue weighted by molar-refractivity contribution is -0.137. The lowest BCUT2D eigenvalue weighted by atomic mass is 10.3. The number of alkyl halides is 3. The Morgan fingerprint density at radius 3 is 2.77 bits per heavy atom. The molecule has 0 aromatic carbocycles. The lowest BCUT2D eigenvalue weighted by Gasteiger charge is -2.05. The molecule has 0 saturated carbocycles. The Balaban J connectivity index is 1.60. The van der Waals surface area contributed by atoms with Crippen molar-refractivity contribution in [3.05, 3.63) is 47.7 Å². The van der Waals surface area contributed by atoms with E-state index in [1.165, 1.54) is 23.1 Å². The zero-order valence-corrected chi connectivity index (χ0v) is 13.3. The summed E-state index contributed by atoms with van der Waals surface area (Å²) in [5, 5.41) is 10.4. The number of aldehydes is 1. The van der Waals surface area contributed by atoms with Gasteiger partial charge in [0.1, 0.15) is 0 Å². The minimum absolute atomic E-state index is 0.0896. The van der Waals surface area contributed by atoms with Crippen LogP contribution >= 0.6 is 0 Å². The maximum atomic E-state index is 12.2. The average Bonchev–Trinajstić information content (AvgIpc) is 3.23. The monoisotopic (exact) mass is 366 g/mol. The highest BCUT2D eigenvalue weighted by Gasteiger charge is 2.26. The molecule has 26 heavy (non-hydrogen) atoms. The molecule has 3 heterocycles. The number of halogens is 3. The van der Waals surface area contributed by atoms with E-state index in [9.17, 15) is 22.8 Å². The third-order valence-corrected chi connectivity index (χ3v) is 3.48. The first-order valence-corrected chi connectivity index (χ1v) is 7.51. The molecule has 0 aliphatic carbocycles. The molecule has 3 rings (SSSR count). The number of hydrogen-bond acceptors (Lipinski definition) is 5. The van der Waals surface area contributed by atoms with Crippen molar-refractivity contribution in [2.45, 2.75) is 25.7 Å². The number of carbonyl (C=O) groups is 2.